The number of hydrogen-bond donors (Lipinski definition) is 2. The van der Waals surface area contributed by atoms with E-state index >= 15 is 0 Å². The van der Waals surface area contributed by atoms with Gasteiger partial charge in [0.2, 0.25) is 0 Å². The minimum Gasteiger partial charge on any atom is -0.390 e. The summed E-state index contributed by atoms with van der Waals surface area (Å²) in [6, 6.07) is 0.125. The first-order chi connectivity index (χ1) is 6.43. The van der Waals surface area contributed by atoms with Crippen LogP contribution in [0.2, 0.25) is 0 Å². The van der Waals surface area contributed by atoms with E-state index in [0.717, 1.165) is 9.35 Å². The topological polar surface area (TPSA) is 55.1 Å². The van der Waals surface area contributed by atoms with Crippen LogP contribution in [0, 0.1) is 6.92 Å². The van der Waals surface area contributed by atoms with Crippen LogP contribution in [0.1, 0.15) is 29.8 Å². The van der Waals surface area contributed by atoms with Crippen molar-refractivity contribution in [3.8, 4) is 0 Å². The van der Waals surface area contributed by atoms with Gasteiger partial charge in [0.05, 0.1) is 14.4 Å². The number of hydrogen-bond acceptors (Lipinski definition) is 3. The van der Waals surface area contributed by atoms with Crippen molar-refractivity contribution in [2.45, 2.75) is 26.8 Å². The van der Waals surface area contributed by atoms with E-state index in [1.54, 1.807) is 0 Å². The highest BCUT2D eigenvalue weighted by atomic mass is 79.9. The monoisotopic (exact) mass is 276 g/mol. The Morgan fingerprint density at radius 1 is 1.57 bits per heavy atom. The third-order valence-corrected chi connectivity index (χ3v) is 3.75. The van der Waals surface area contributed by atoms with Crippen LogP contribution in [0.15, 0.2) is 3.79 Å². The average molecular weight is 277 g/mol. The van der Waals surface area contributed by atoms with Gasteiger partial charge < -0.3 is 11.1 Å². The Hall–Kier alpha value is -0.550. The smallest absolute Gasteiger partial charge is 0.254 e. The molecule has 0 saturated heterocycles. The predicted octanol–water partition coefficient (Wildman–Crippen LogP) is 2.54. The van der Waals surface area contributed by atoms with E-state index in [2.05, 4.69) is 21.2 Å². The normalized spacial score (nSPS) is 10.6. The standard InChI is InChI=1S/C9H13BrN2OS/c1-4(2)12-9(13)6-5(3)7(10)14-8(6)11/h4H,11H2,1-3H3,(H,12,13). The molecule has 1 heterocycles. The summed E-state index contributed by atoms with van der Waals surface area (Å²) < 4.78 is 0.920. The Labute approximate surface area is 95.8 Å². The molecule has 0 atom stereocenters. The maximum Gasteiger partial charge on any atom is 0.254 e. The number of anilines is 1. The van der Waals surface area contributed by atoms with Crippen molar-refractivity contribution >= 4 is 38.2 Å². The number of amides is 1. The Morgan fingerprint density at radius 2 is 2.14 bits per heavy atom. The number of nitrogen functional groups attached to an aromatic ring is 1. The summed E-state index contributed by atoms with van der Waals surface area (Å²) in [6.45, 7) is 5.72. The zero-order chi connectivity index (χ0) is 10.9. The molecule has 5 heteroatoms. The van der Waals surface area contributed by atoms with Crippen LogP contribution in [-0.2, 0) is 0 Å². The molecule has 0 aliphatic carbocycles. The number of halogens is 1. The third kappa shape index (κ3) is 2.27. The fourth-order valence-corrected chi connectivity index (χ4v) is 2.64. The molecule has 1 aromatic rings. The fourth-order valence-electron chi connectivity index (χ4n) is 1.12. The fraction of sp³-hybridized carbons (Fsp3) is 0.444. The minimum atomic E-state index is -0.100. The molecule has 1 rings (SSSR count). The summed E-state index contributed by atoms with van der Waals surface area (Å²) in [5.74, 6) is -0.100. The summed E-state index contributed by atoms with van der Waals surface area (Å²) in [5.41, 5.74) is 7.25. The Morgan fingerprint density at radius 3 is 2.50 bits per heavy atom. The van der Waals surface area contributed by atoms with Crippen molar-refractivity contribution in [3.63, 3.8) is 0 Å². The first-order valence-electron chi connectivity index (χ1n) is 4.28. The molecular weight excluding hydrogens is 264 g/mol. The van der Waals surface area contributed by atoms with Crippen LogP contribution in [0.3, 0.4) is 0 Å². The van der Waals surface area contributed by atoms with Gasteiger partial charge in [0.15, 0.2) is 0 Å². The van der Waals surface area contributed by atoms with Gasteiger partial charge in [-0.05, 0) is 42.3 Å². The van der Waals surface area contributed by atoms with Crippen molar-refractivity contribution in [2.24, 2.45) is 0 Å². The summed E-state index contributed by atoms with van der Waals surface area (Å²) in [6.07, 6.45) is 0. The first kappa shape index (κ1) is 11.5. The number of carbonyl (C=O) groups excluding carboxylic acids is 1. The van der Waals surface area contributed by atoms with Crippen LogP contribution >= 0.6 is 27.3 Å². The SMILES string of the molecule is Cc1c(Br)sc(N)c1C(=O)NC(C)C. The molecule has 14 heavy (non-hydrogen) atoms. The molecule has 3 N–H and O–H groups in total. The highest BCUT2D eigenvalue weighted by molar-refractivity contribution is 9.11. The van der Waals surface area contributed by atoms with E-state index < -0.39 is 0 Å². The Balaban J connectivity index is 3.00. The van der Waals surface area contributed by atoms with Crippen molar-refractivity contribution < 1.29 is 4.79 Å². The van der Waals surface area contributed by atoms with Crippen molar-refractivity contribution in [1.29, 1.82) is 0 Å². The van der Waals surface area contributed by atoms with Gasteiger partial charge >= 0.3 is 0 Å². The molecule has 0 aliphatic rings. The van der Waals surface area contributed by atoms with Gasteiger partial charge in [-0.2, -0.15) is 0 Å². The van der Waals surface area contributed by atoms with Crippen molar-refractivity contribution in [1.82, 2.24) is 5.32 Å². The molecule has 3 nitrogen and oxygen atoms in total. The van der Waals surface area contributed by atoms with Crippen LogP contribution < -0.4 is 11.1 Å². The molecule has 0 unspecified atom stereocenters. The predicted molar refractivity (Wildman–Crippen MR) is 63.8 cm³/mol. The van der Waals surface area contributed by atoms with Gasteiger partial charge in [0, 0.05) is 6.04 Å². The van der Waals surface area contributed by atoms with Gasteiger partial charge in [-0.3, -0.25) is 4.79 Å². The van der Waals surface area contributed by atoms with E-state index in [9.17, 15) is 4.79 Å². The second-order valence-corrected chi connectivity index (χ2v) is 5.74. The van der Waals surface area contributed by atoms with E-state index in [-0.39, 0.29) is 11.9 Å². The second kappa shape index (κ2) is 4.31. The van der Waals surface area contributed by atoms with Crippen molar-refractivity contribution in [2.75, 3.05) is 5.73 Å². The lowest BCUT2D eigenvalue weighted by Gasteiger charge is -2.08. The highest BCUT2D eigenvalue weighted by Gasteiger charge is 2.18. The lowest BCUT2D eigenvalue weighted by molar-refractivity contribution is 0.0944. The van der Waals surface area contributed by atoms with Gasteiger partial charge in [-0.1, -0.05) is 0 Å². The van der Waals surface area contributed by atoms with Gasteiger partial charge in [-0.15, -0.1) is 11.3 Å². The molecule has 0 radical (unpaired) electrons. The summed E-state index contributed by atoms with van der Waals surface area (Å²) in [5, 5.41) is 3.38. The summed E-state index contributed by atoms with van der Waals surface area (Å²) >= 11 is 4.74. The molecule has 0 bridgehead atoms. The number of nitrogens with one attached hydrogen (secondary N) is 1. The second-order valence-electron chi connectivity index (χ2n) is 3.37. The molecule has 1 amide bonds. The van der Waals surface area contributed by atoms with E-state index in [1.165, 1.54) is 11.3 Å². The zero-order valence-corrected chi connectivity index (χ0v) is 10.8. The summed E-state index contributed by atoms with van der Waals surface area (Å²) in [7, 11) is 0. The molecule has 0 saturated carbocycles. The lowest BCUT2D eigenvalue weighted by Crippen LogP contribution is -2.30. The number of rotatable bonds is 2. The highest BCUT2D eigenvalue weighted by Crippen LogP contribution is 2.34. The maximum atomic E-state index is 11.7. The van der Waals surface area contributed by atoms with Gasteiger partial charge in [0.25, 0.3) is 5.91 Å². The molecule has 0 spiro atoms. The molecule has 0 aromatic carbocycles. The first-order valence-corrected chi connectivity index (χ1v) is 5.89. The molecular formula is C9H13BrN2OS. The van der Waals surface area contributed by atoms with Crippen LogP contribution in [0.25, 0.3) is 0 Å². The molecule has 78 valence electrons. The zero-order valence-electron chi connectivity index (χ0n) is 8.35. The Bertz CT molecular complexity index is 360. The van der Waals surface area contributed by atoms with E-state index in [4.69, 9.17) is 5.73 Å². The Kier molecular flexibility index (Phi) is 3.55. The van der Waals surface area contributed by atoms with Crippen LogP contribution in [0.5, 0.6) is 0 Å². The van der Waals surface area contributed by atoms with Gasteiger partial charge in [-0.25, -0.2) is 0 Å². The average Bonchev–Trinajstić information content (AvgIpc) is 2.25. The van der Waals surface area contributed by atoms with Crippen LogP contribution in [0.4, 0.5) is 5.00 Å². The summed E-state index contributed by atoms with van der Waals surface area (Å²) in [4.78, 5) is 11.7. The third-order valence-electron chi connectivity index (χ3n) is 1.76. The van der Waals surface area contributed by atoms with Gasteiger partial charge in [0.1, 0.15) is 0 Å². The van der Waals surface area contributed by atoms with Crippen LogP contribution in [-0.4, -0.2) is 11.9 Å². The number of thiophene rings is 1. The quantitative estimate of drug-likeness (QED) is 0.872. The largest absolute Gasteiger partial charge is 0.390 e. The molecule has 1 aromatic heterocycles. The lowest BCUT2D eigenvalue weighted by atomic mass is 10.2. The van der Waals surface area contributed by atoms with E-state index in [0.29, 0.717) is 10.6 Å². The molecule has 0 aliphatic heterocycles. The number of carbonyl (C=O) groups is 1. The molecule has 0 fully saturated rings. The number of nitrogens with two attached hydrogens (primary N) is 1. The maximum absolute atomic E-state index is 11.7. The minimum absolute atomic E-state index is 0.100. The van der Waals surface area contributed by atoms with E-state index in [1.807, 2.05) is 20.8 Å². The van der Waals surface area contributed by atoms with Crippen molar-refractivity contribution in [3.05, 3.63) is 14.9 Å².